The van der Waals surface area contributed by atoms with Crippen molar-refractivity contribution in [2.24, 2.45) is 14.1 Å². The number of nitrogens with zero attached hydrogens (tertiary/aromatic N) is 3. The van der Waals surface area contributed by atoms with E-state index in [0.29, 0.717) is 16.9 Å². The van der Waals surface area contributed by atoms with E-state index < -0.39 is 22.5 Å². The fourth-order valence-corrected chi connectivity index (χ4v) is 5.26. The number of hydrogen-bond donors (Lipinski definition) is 1. The van der Waals surface area contributed by atoms with E-state index in [0.717, 1.165) is 20.9 Å². The van der Waals surface area contributed by atoms with E-state index in [9.17, 15) is 18.0 Å². The van der Waals surface area contributed by atoms with E-state index in [1.807, 2.05) is 19.9 Å². The number of aromatic nitrogens is 2. The molecule has 0 radical (unpaired) electrons. The number of amides is 1. The Morgan fingerprint density at radius 1 is 0.882 bits per heavy atom. The Hall–Kier alpha value is -3.85. The molecule has 0 bridgehead atoms. The van der Waals surface area contributed by atoms with Crippen LogP contribution in [0.2, 0.25) is 0 Å². The van der Waals surface area contributed by atoms with Crippen LogP contribution in [0, 0.1) is 13.8 Å². The minimum absolute atomic E-state index is 0.105. The topological polar surface area (TPSA) is 93.4 Å². The lowest BCUT2D eigenvalue weighted by Crippen LogP contribution is -2.38. The van der Waals surface area contributed by atoms with Crippen LogP contribution in [-0.2, 0) is 28.9 Å². The molecule has 4 rings (SSSR count). The lowest BCUT2D eigenvalue weighted by atomic mass is 10.2. The molecule has 0 aliphatic carbocycles. The number of imidazole rings is 1. The van der Waals surface area contributed by atoms with E-state index >= 15 is 0 Å². The summed E-state index contributed by atoms with van der Waals surface area (Å²) in [5.74, 6) is -0.502. The molecule has 0 atom stereocenters. The molecule has 0 unspecified atom stereocenters. The van der Waals surface area contributed by atoms with Crippen molar-refractivity contribution in [1.29, 1.82) is 0 Å². The Morgan fingerprint density at radius 2 is 1.56 bits per heavy atom. The summed E-state index contributed by atoms with van der Waals surface area (Å²) < 4.78 is 31.1. The second kappa shape index (κ2) is 8.83. The zero-order chi connectivity index (χ0) is 24.6. The summed E-state index contributed by atoms with van der Waals surface area (Å²) in [5.41, 5.74) is 3.89. The maximum absolute atomic E-state index is 13.5. The van der Waals surface area contributed by atoms with Crippen LogP contribution in [0.25, 0.3) is 11.0 Å². The lowest BCUT2D eigenvalue weighted by molar-refractivity contribution is -0.114. The second-order valence-corrected chi connectivity index (χ2v) is 10.2. The highest BCUT2D eigenvalue weighted by Gasteiger charge is 2.27. The molecular weight excluding hydrogens is 452 g/mol. The highest BCUT2D eigenvalue weighted by Crippen LogP contribution is 2.25. The van der Waals surface area contributed by atoms with Crippen molar-refractivity contribution in [1.82, 2.24) is 9.13 Å². The molecule has 4 aromatic rings. The van der Waals surface area contributed by atoms with Gasteiger partial charge in [0.15, 0.2) is 0 Å². The number of nitrogens with one attached hydrogen (secondary N) is 1. The molecule has 34 heavy (non-hydrogen) atoms. The van der Waals surface area contributed by atoms with Crippen molar-refractivity contribution in [3.8, 4) is 0 Å². The van der Waals surface area contributed by atoms with Gasteiger partial charge in [0.2, 0.25) is 5.91 Å². The molecule has 3 aromatic carbocycles. The largest absolute Gasteiger partial charge is 0.328 e. The Bertz CT molecular complexity index is 1550. The van der Waals surface area contributed by atoms with Crippen LogP contribution in [0.15, 0.2) is 76.4 Å². The molecule has 176 valence electrons. The third kappa shape index (κ3) is 4.34. The maximum Gasteiger partial charge on any atom is 0.328 e. The van der Waals surface area contributed by atoms with Crippen molar-refractivity contribution in [2.75, 3.05) is 16.2 Å². The third-order valence-corrected chi connectivity index (χ3v) is 7.53. The number of fused-ring (bicyclic) bond motifs is 1. The Kier molecular flexibility index (Phi) is 6.05. The van der Waals surface area contributed by atoms with Gasteiger partial charge in [0.25, 0.3) is 10.0 Å². The number of benzene rings is 3. The van der Waals surface area contributed by atoms with Crippen LogP contribution < -0.4 is 15.3 Å². The maximum atomic E-state index is 13.5. The Balaban J connectivity index is 1.67. The molecule has 0 fully saturated rings. The van der Waals surface area contributed by atoms with Crippen molar-refractivity contribution in [2.45, 2.75) is 18.7 Å². The van der Waals surface area contributed by atoms with Gasteiger partial charge in [0.05, 0.1) is 21.6 Å². The van der Waals surface area contributed by atoms with E-state index in [-0.39, 0.29) is 10.6 Å². The van der Waals surface area contributed by atoms with Gasteiger partial charge < -0.3 is 5.32 Å². The normalized spacial score (nSPS) is 11.5. The molecule has 1 amide bonds. The number of hydrogen-bond acceptors (Lipinski definition) is 4. The Morgan fingerprint density at radius 3 is 2.24 bits per heavy atom. The van der Waals surface area contributed by atoms with Gasteiger partial charge in [-0.1, -0.05) is 29.8 Å². The van der Waals surface area contributed by atoms with Crippen LogP contribution in [0.5, 0.6) is 0 Å². The van der Waals surface area contributed by atoms with E-state index in [1.165, 1.54) is 21.3 Å². The van der Waals surface area contributed by atoms with Gasteiger partial charge in [0, 0.05) is 19.8 Å². The highest BCUT2D eigenvalue weighted by atomic mass is 32.2. The Labute approximate surface area is 198 Å². The summed E-state index contributed by atoms with van der Waals surface area (Å²) in [6.07, 6.45) is 0. The minimum atomic E-state index is -3.99. The molecule has 0 aliphatic rings. The SMILES string of the molecule is Cc1ccc(S(=O)(=O)N(CC(=O)Nc2ccc3c(c2)n(C)c(=O)n3C)c2cccc(C)c2)cc1. The van der Waals surface area contributed by atoms with Gasteiger partial charge in [-0.2, -0.15) is 0 Å². The predicted molar refractivity (Wildman–Crippen MR) is 134 cm³/mol. The van der Waals surface area contributed by atoms with Crippen molar-refractivity contribution < 1.29 is 13.2 Å². The number of rotatable bonds is 6. The fourth-order valence-electron chi connectivity index (χ4n) is 3.85. The molecule has 1 heterocycles. The van der Waals surface area contributed by atoms with E-state index in [4.69, 9.17) is 0 Å². The average Bonchev–Trinajstić information content (AvgIpc) is 3.01. The first kappa shape index (κ1) is 23.3. The first-order chi connectivity index (χ1) is 16.1. The number of sulfonamides is 1. The molecular formula is C25H26N4O4S. The first-order valence-electron chi connectivity index (χ1n) is 10.7. The summed E-state index contributed by atoms with van der Waals surface area (Å²) in [6.45, 7) is 3.33. The monoisotopic (exact) mass is 478 g/mol. The molecule has 9 heteroatoms. The van der Waals surface area contributed by atoms with Gasteiger partial charge in [-0.25, -0.2) is 13.2 Å². The number of anilines is 2. The minimum Gasteiger partial charge on any atom is -0.324 e. The number of aryl methyl sites for hydroxylation is 4. The van der Waals surface area contributed by atoms with Crippen LogP contribution >= 0.6 is 0 Å². The van der Waals surface area contributed by atoms with Crippen LogP contribution in [0.4, 0.5) is 11.4 Å². The van der Waals surface area contributed by atoms with Crippen LogP contribution in [0.1, 0.15) is 11.1 Å². The molecule has 8 nitrogen and oxygen atoms in total. The molecule has 0 saturated carbocycles. The van der Waals surface area contributed by atoms with E-state index in [1.54, 1.807) is 62.6 Å². The number of carbonyl (C=O) groups is 1. The fraction of sp³-hybridized carbons (Fsp3) is 0.200. The molecule has 1 N–H and O–H groups in total. The molecule has 1 aromatic heterocycles. The molecule has 0 spiro atoms. The molecule has 0 saturated heterocycles. The predicted octanol–water partition coefficient (Wildman–Crippen LogP) is 3.33. The quantitative estimate of drug-likeness (QED) is 0.460. The number of carbonyl (C=O) groups excluding carboxylic acids is 1. The highest BCUT2D eigenvalue weighted by molar-refractivity contribution is 7.92. The van der Waals surface area contributed by atoms with Crippen molar-refractivity contribution >= 4 is 38.3 Å². The zero-order valence-corrected chi connectivity index (χ0v) is 20.3. The third-order valence-electron chi connectivity index (χ3n) is 5.74. The van der Waals surface area contributed by atoms with Gasteiger partial charge in [-0.15, -0.1) is 0 Å². The van der Waals surface area contributed by atoms with Crippen LogP contribution in [0.3, 0.4) is 0 Å². The standard InChI is InChI=1S/C25H26N4O4S/c1-17-8-11-21(12-9-17)34(32,33)29(20-7-5-6-18(2)14-20)16-24(30)26-19-10-13-22-23(15-19)28(4)25(31)27(22)3/h5-15H,16H2,1-4H3,(H,26,30). The van der Waals surface area contributed by atoms with Gasteiger partial charge in [-0.3, -0.25) is 18.2 Å². The lowest BCUT2D eigenvalue weighted by Gasteiger charge is -2.24. The van der Waals surface area contributed by atoms with Gasteiger partial charge in [-0.05, 0) is 61.9 Å². The molecule has 0 aliphatic heterocycles. The summed E-state index contributed by atoms with van der Waals surface area (Å²) in [6, 6.07) is 18.6. The van der Waals surface area contributed by atoms with Gasteiger partial charge >= 0.3 is 5.69 Å². The average molecular weight is 479 g/mol. The summed E-state index contributed by atoms with van der Waals surface area (Å²) in [4.78, 5) is 25.3. The van der Waals surface area contributed by atoms with E-state index in [2.05, 4.69) is 5.32 Å². The van der Waals surface area contributed by atoms with Crippen molar-refractivity contribution in [3.05, 3.63) is 88.3 Å². The second-order valence-electron chi connectivity index (χ2n) is 8.32. The van der Waals surface area contributed by atoms with Gasteiger partial charge in [0.1, 0.15) is 6.54 Å². The first-order valence-corrected chi connectivity index (χ1v) is 12.1. The van der Waals surface area contributed by atoms with Crippen LogP contribution in [-0.4, -0.2) is 30.0 Å². The van der Waals surface area contributed by atoms with Crippen molar-refractivity contribution in [3.63, 3.8) is 0 Å². The summed E-state index contributed by atoms with van der Waals surface area (Å²) >= 11 is 0. The zero-order valence-electron chi connectivity index (χ0n) is 19.4. The smallest absolute Gasteiger partial charge is 0.324 e. The summed E-state index contributed by atoms with van der Waals surface area (Å²) in [5, 5.41) is 2.77. The summed E-state index contributed by atoms with van der Waals surface area (Å²) in [7, 11) is -0.659.